The van der Waals surface area contributed by atoms with Gasteiger partial charge in [-0.05, 0) is 30.5 Å². The van der Waals surface area contributed by atoms with E-state index in [-0.39, 0.29) is 12.3 Å². The largest absolute Gasteiger partial charge is 0.387 e. The molecule has 1 heterocycles. The molecular weight excluding hydrogens is 266 g/mol. The Morgan fingerprint density at radius 3 is 2.65 bits per heavy atom. The summed E-state index contributed by atoms with van der Waals surface area (Å²) in [4.78, 5) is 4.01. The Hall–Kier alpha value is -1.82. The van der Waals surface area contributed by atoms with Gasteiger partial charge in [-0.3, -0.25) is 0 Å². The Kier molecular flexibility index (Phi) is 4.44. The van der Waals surface area contributed by atoms with Crippen molar-refractivity contribution in [2.24, 2.45) is 0 Å². The van der Waals surface area contributed by atoms with Crippen LogP contribution in [0, 0.1) is 13.8 Å². The van der Waals surface area contributed by atoms with Gasteiger partial charge in [-0.25, -0.2) is 8.78 Å². The number of aliphatic hydroxyl groups excluding tert-OH is 1. The van der Waals surface area contributed by atoms with Crippen molar-refractivity contribution >= 4 is 0 Å². The summed E-state index contributed by atoms with van der Waals surface area (Å²) in [6.45, 7) is 4.04. The van der Waals surface area contributed by atoms with Crippen molar-refractivity contribution in [3.8, 4) is 0 Å². The Labute approximate surface area is 115 Å². The zero-order chi connectivity index (χ0) is 14.7. The van der Waals surface area contributed by atoms with E-state index in [0.29, 0.717) is 12.2 Å². The molecule has 2 rings (SSSR count). The first-order valence-electron chi connectivity index (χ1n) is 6.29. The summed E-state index contributed by atoms with van der Waals surface area (Å²) in [7, 11) is 0. The van der Waals surface area contributed by atoms with Crippen molar-refractivity contribution in [2.45, 2.75) is 39.2 Å². The smallest absolute Gasteiger partial charge is 0.264 e. The molecule has 0 bridgehead atoms. The van der Waals surface area contributed by atoms with E-state index < -0.39 is 12.5 Å². The number of nitrogens with zero attached hydrogens (tertiary/aromatic N) is 2. The number of hydrogen-bond donors (Lipinski definition) is 1. The minimum absolute atomic E-state index is 0.0247. The summed E-state index contributed by atoms with van der Waals surface area (Å²) in [5.74, 6) is 0.446. The summed E-state index contributed by atoms with van der Waals surface area (Å²) < 4.78 is 29.3. The van der Waals surface area contributed by atoms with E-state index in [1.165, 1.54) is 11.1 Å². The minimum atomic E-state index is -2.81. The molecule has 0 fully saturated rings. The van der Waals surface area contributed by atoms with Crippen LogP contribution in [0.2, 0.25) is 0 Å². The molecule has 6 heteroatoms. The first kappa shape index (κ1) is 14.6. The number of alkyl halides is 2. The predicted octanol–water partition coefficient (Wildman–Crippen LogP) is 2.45. The highest BCUT2D eigenvalue weighted by atomic mass is 19.3. The predicted molar refractivity (Wildman–Crippen MR) is 68.7 cm³/mol. The summed E-state index contributed by atoms with van der Waals surface area (Å²) in [6, 6.07) is 6.00. The molecule has 1 unspecified atom stereocenters. The normalized spacial score (nSPS) is 12.9. The molecule has 0 saturated heterocycles. The second-order valence-electron chi connectivity index (χ2n) is 4.81. The van der Waals surface area contributed by atoms with Crippen molar-refractivity contribution in [2.75, 3.05) is 0 Å². The van der Waals surface area contributed by atoms with Crippen molar-refractivity contribution in [1.82, 2.24) is 10.1 Å². The van der Waals surface area contributed by atoms with Crippen molar-refractivity contribution in [3.05, 3.63) is 46.6 Å². The fraction of sp³-hybridized carbons (Fsp3) is 0.429. The maximum absolute atomic E-state index is 12.2. The van der Waals surface area contributed by atoms with Gasteiger partial charge in [-0.15, -0.1) is 0 Å². The lowest BCUT2D eigenvalue weighted by atomic mass is 10.0. The molecule has 0 aliphatic rings. The Morgan fingerprint density at radius 2 is 2.00 bits per heavy atom. The van der Waals surface area contributed by atoms with Crippen LogP contribution >= 0.6 is 0 Å². The Bertz CT molecular complexity index is 584. The van der Waals surface area contributed by atoms with E-state index in [1.54, 1.807) is 0 Å². The van der Waals surface area contributed by atoms with Crippen LogP contribution in [0.5, 0.6) is 0 Å². The van der Waals surface area contributed by atoms with Gasteiger partial charge in [0.1, 0.15) is 6.10 Å². The lowest BCUT2D eigenvalue weighted by molar-refractivity contribution is -0.00754. The molecule has 1 atom stereocenters. The third-order valence-corrected chi connectivity index (χ3v) is 3.12. The highest BCUT2D eigenvalue weighted by molar-refractivity contribution is 5.31. The maximum Gasteiger partial charge on any atom is 0.264 e. The van der Waals surface area contributed by atoms with Gasteiger partial charge < -0.3 is 9.63 Å². The fourth-order valence-electron chi connectivity index (χ4n) is 1.81. The fourth-order valence-corrected chi connectivity index (χ4v) is 1.81. The highest BCUT2D eigenvalue weighted by Gasteiger charge is 2.20. The van der Waals surface area contributed by atoms with E-state index in [1.807, 2.05) is 32.0 Å². The molecule has 20 heavy (non-hydrogen) atoms. The first-order valence-corrected chi connectivity index (χ1v) is 6.29. The van der Waals surface area contributed by atoms with E-state index in [0.717, 1.165) is 5.56 Å². The molecule has 4 nitrogen and oxygen atoms in total. The van der Waals surface area contributed by atoms with Crippen molar-refractivity contribution < 1.29 is 18.4 Å². The molecule has 1 N–H and O–H groups in total. The van der Waals surface area contributed by atoms with E-state index in [2.05, 4.69) is 10.1 Å². The standard InChI is InChI=1S/C14H16F2N2O2/c1-8-3-4-10(5-9(8)2)6-12-17-13(20-18-12)7-11(19)14(15)16/h3-5,11,14,19H,6-7H2,1-2H3. The van der Waals surface area contributed by atoms with Crippen LogP contribution in [0.25, 0.3) is 0 Å². The maximum atomic E-state index is 12.2. The molecule has 0 aliphatic heterocycles. The average Bonchev–Trinajstić information content (AvgIpc) is 2.81. The average molecular weight is 282 g/mol. The number of rotatable bonds is 5. The Balaban J connectivity index is 2.03. The van der Waals surface area contributed by atoms with Gasteiger partial charge >= 0.3 is 0 Å². The van der Waals surface area contributed by atoms with Gasteiger partial charge in [0, 0.05) is 6.42 Å². The number of aliphatic hydroxyl groups is 1. The van der Waals surface area contributed by atoms with Crippen LogP contribution in [0.15, 0.2) is 22.7 Å². The van der Waals surface area contributed by atoms with E-state index in [4.69, 9.17) is 9.63 Å². The van der Waals surface area contributed by atoms with Gasteiger partial charge in [-0.1, -0.05) is 23.4 Å². The number of aromatic nitrogens is 2. The van der Waals surface area contributed by atoms with Crippen LogP contribution in [-0.4, -0.2) is 27.8 Å². The van der Waals surface area contributed by atoms with Crippen LogP contribution < -0.4 is 0 Å². The van der Waals surface area contributed by atoms with Gasteiger partial charge in [0.25, 0.3) is 6.43 Å². The summed E-state index contributed by atoms with van der Waals surface area (Å²) in [5, 5.41) is 12.8. The molecule has 2 aromatic rings. The van der Waals surface area contributed by atoms with Crippen LogP contribution in [0.3, 0.4) is 0 Å². The monoisotopic (exact) mass is 282 g/mol. The second-order valence-corrected chi connectivity index (χ2v) is 4.81. The molecule has 0 radical (unpaired) electrons. The minimum Gasteiger partial charge on any atom is -0.387 e. The quantitative estimate of drug-likeness (QED) is 0.915. The lowest BCUT2D eigenvalue weighted by Gasteiger charge is -2.04. The highest BCUT2D eigenvalue weighted by Crippen LogP contribution is 2.14. The summed E-state index contributed by atoms with van der Waals surface area (Å²) >= 11 is 0. The zero-order valence-corrected chi connectivity index (χ0v) is 11.3. The molecule has 0 spiro atoms. The van der Waals surface area contributed by atoms with Crippen LogP contribution in [0.4, 0.5) is 8.78 Å². The van der Waals surface area contributed by atoms with Gasteiger partial charge in [-0.2, -0.15) is 4.98 Å². The van der Waals surface area contributed by atoms with Gasteiger partial charge in [0.05, 0.1) is 6.42 Å². The molecule has 1 aromatic carbocycles. The summed E-state index contributed by atoms with van der Waals surface area (Å²) in [6.07, 6.45) is -4.46. The number of hydrogen-bond acceptors (Lipinski definition) is 4. The molecule has 108 valence electrons. The third-order valence-electron chi connectivity index (χ3n) is 3.12. The third kappa shape index (κ3) is 3.60. The molecule has 0 saturated carbocycles. The number of halogens is 2. The lowest BCUT2D eigenvalue weighted by Crippen LogP contribution is -2.20. The van der Waals surface area contributed by atoms with Crippen LogP contribution in [-0.2, 0) is 12.8 Å². The number of aryl methyl sites for hydroxylation is 2. The van der Waals surface area contributed by atoms with Gasteiger partial charge in [0.15, 0.2) is 5.82 Å². The van der Waals surface area contributed by atoms with Crippen molar-refractivity contribution in [1.29, 1.82) is 0 Å². The Morgan fingerprint density at radius 1 is 1.25 bits per heavy atom. The van der Waals surface area contributed by atoms with Crippen molar-refractivity contribution in [3.63, 3.8) is 0 Å². The molecule has 0 amide bonds. The SMILES string of the molecule is Cc1ccc(Cc2noc(CC(O)C(F)F)n2)cc1C. The molecular formula is C14H16F2N2O2. The second kappa shape index (κ2) is 6.09. The first-order chi connectivity index (χ1) is 9.45. The van der Waals surface area contributed by atoms with Crippen LogP contribution in [0.1, 0.15) is 28.4 Å². The number of benzene rings is 1. The zero-order valence-electron chi connectivity index (χ0n) is 11.3. The summed E-state index contributed by atoms with van der Waals surface area (Å²) in [5.41, 5.74) is 3.39. The topological polar surface area (TPSA) is 59.2 Å². The van der Waals surface area contributed by atoms with E-state index in [9.17, 15) is 8.78 Å². The van der Waals surface area contributed by atoms with E-state index >= 15 is 0 Å². The molecule has 0 aliphatic carbocycles. The van der Waals surface area contributed by atoms with Gasteiger partial charge in [0.2, 0.25) is 5.89 Å². The molecule has 1 aromatic heterocycles.